The van der Waals surface area contributed by atoms with E-state index in [0.29, 0.717) is 0 Å². The lowest BCUT2D eigenvalue weighted by Crippen LogP contribution is -2.37. The van der Waals surface area contributed by atoms with Gasteiger partial charge in [-0.05, 0) is 12.5 Å². The fraction of sp³-hybridized carbons (Fsp3) is 0.333. The fourth-order valence-electron chi connectivity index (χ4n) is 1.11. The molecule has 5 nitrogen and oxygen atoms in total. The van der Waals surface area contributed by atoms with Crippen molar-refractivity contribution in [2.45, 2.75) is 19.6 Å². The average Bonchev–Trinajstić information content (AvgIpc) is 2.34. The molecule has 0 fully saturated rings. The number of nitrogens with one attached hydrogen (secondary N) is 1. The van der Waals surface area contributed by atoms with Crippen molar-refractivity contribution < 1.29 is 19.4 Å². The monoisotopic (exact) mass is 237 g/mol. The summed E-state index contributed by atoms with van der Waals surface area (Å²) < 4.78 is 4.96. The van der Waals surface area contributed by atoms with Gasteiger partial charge in [-0.15, -0.1) is 0 Å². The molecule has 0 amide bonds. The Balaban J connectivity index is 2.24. The minimum absolute atomic E-state index is 0.111. The van der Waals surface area contributed by atoms with Crippen LogP contribution in [0.5, 0.6) is 0 Å². The van der Waals surface area contributed by atoms with Gasteiger partial charge in [0.25, 0.3) is 0 Å². The number of hydrogen-bond donors (Lipinski definition) is 2. The van der Waals surface area contributed by atoms with Crippen molar-refractivity contribution >= 4 is 11.9 Å². The molecule has 17 heavy (non-hydrogen) atoms. The SMILES string of the molecule is C[C@H](NCC(=O)OCc1ccccc1)C(=O)O. The number of ether oxygens (including phenoxy) is 1. The first-order valence-corrected chi connectivity index (χ1v) is 5.25. The average molecular weight is 237 g/mol. The summed E-state index contributed by atoms with van der Waals surface area (Å²) in [5, 5.41) is 11.1. The number of carboxylic acids is 1. The number of carbonyl (C=O) groups is 2. The lowest BCUT2D eigenvalue weighted by molar-refractivity contribution is -0.144. The number of esters is 1. The Morgan fingerprint density at radius 1 is 1.35 bits per heavy atom. The maximum absolute atomic E-state index is 11.3. The third-order valence-electron chi connectivity index (χ3n) is 2.17. The fourth-order valence-corrected chi connectivity index (χ4v) is 1.11. The Kier molecular flexibility index (Phi) is 5.16. The molecule has 0 saturated carbocycles. The zero-order chi connectivity index (χ0) is 12.7. The van der Waals surface area contributed by atoms with E-state index in [1.807, 2.05) is 30.3 Å². The van der Waals surface area contributed by atoms with Crippen LogP contribution in [0.4, 0.5) is 0 Å². The predicted molar refractivity (Wildman–Crippen MR) is 61.3 cm³/mol. The van der Waals surface area contributed by atoms with Gasteiger partial charge in [-0.2, -0.15) is 0 Å². The molecule has 1 rings (SSSR count). The third-order valence-corrected chi connectivity index (χ3v) is 2.17. The van der Waals surface area contributed by atoms with Crippen molar-refractivity contribution in [1.29, 1.82) is 0 Å². The molecule has 1 aromatic rings. The van der Waals surface area contributed by atoms with Gasteiger partial charge in [0, 0.05) is 0 Å². The first kappa shape index (κ1) is 13.2. The van der Waals surface area contributed by atoms with E-state index < -0.39 is 18.0 Å². The molecule has 0 aliphatic heterocycles. The molecular formula is C12H15NO4. The third kappa shape index (κ3) is 5.12. The minimum atomic E-state index is -0.999. The van der Waals surface area contributed by atoms with E-state index in [1.54, 1.807) is 0 Å². The Morgan fingerprint density at radius 3 is 2.59 bits per heavy atom. The minimum Gasteiger partial charge on any atom is -0.480 e. The predicted octanol–water partition coefficient (Wildman–Crippen LogP) is 0.792. The molecule has 1 atom stereocenters. The Labute approximate surface area is 99.4 Å². The van der Waals surface area contributed by atoms with Gasteiger partial charge in [0.1, 0.15) is 12.6 Å². The zero-order valence-electron chi connectivity index (χ0n) is 9.55. The van der Waals surface area contributed by atoms with E-state index in [1.165, 1.54) is 6.92 Å². The van der Waals surface area contributed by atoms with Gasteiger partial charge in [0.05, 0.1) is 6.54 Å². The largest absolute Gasteiger partial charge is 0.480 e. The Morgan fingerprint density at radius 2 is 2.00 bits per heavy atom. The van der Waals surface area contributed by atoms with E-state index in [9.17, 15) is 9.59 Å². The highest BCUT2D eigenvalue weighted by atomic mass is 16.5. The van der Waals surface area contributed by atoms with Crippen molar-refractivity contribution in [1.82, 2.24) is 5.32 Å². The van der Waals surface area contributed by atoms with Gasteiger partial charge >= 0.3 is 11.9 Å². The highest BCUT2D eigenvalue weighted by Gasteiger charge is 2.12. The molecule has 0 aliphatic rings. The quantitative estimate of drug-likeness (QED) is 0.715. The molecule has 0 aromatic heterocycles. The number of hydrogen-bond acceptors (Lipinski definition) is 4. The lowest BCUT2D eigenvalue weighted by atomic mass is 10.2. The van der Waals surface area contributed by atoms with Crippen molar-refractivity contribution in [3.8, 4) is 0 Å². The van der Waals surface area contributed by atoms with Crippen molar-refractivity contribution in [3.63, 3.8) is 0 Å². The molecule has 1 aromatic carbocycles. The molecule has 92 valence electrons. The standard InChI is InChI=1S/C12H15NO4/c1-9(12(15)16)13-7-11(14)17-8-10-5-3-2-4-6-10/h2-6,9,13H,7-8H2,1H3,(H,15,16)/t9-/m0/s1. The van der Waals surface area contributed by atoms with Crippen LogP contribution in [0.1, 0.15) is 12.5 Å². The van der Waals surface area contributed by atoms with Crippen LogP contribution in [-0.4, -0.2) is 29.6 Å². The van der Waals surface area contributed by atoms with Gasteiger partial charge in [0.15, 0.2) is 0 Å². The molecule has 0 radical (unpaired) electrons. The summed E-state index contributed by atoms with van der Waals surface area (Å²) in [5.41, 5.74) is 0.895. The smallest absolute Gasteiger partial charge is 0.320 e. The van der Waals surface area contributed by atoms with Crippen molar-refractivity contribution in [2.24, 2.45) is 0 Å². The molecule has 0 saturated heterocycles. The van der Waals surface area contributed by atoms with Crippen LogP contribution >= 0.6 is 0 Å². The van der Waals surface area contributed by atoms with Crippen LogP contribution in [0.2, 0.25) is 0 Å². The molecular weight excluding hydrogens is 222 g/mol. The van der Waals surface area contributed by atoms with Crippen LogP contribution in [0, 0.1) is 0 Å². The molecule has 0 spiro atoms. The summed E-state index contributed by atoms with van der Waals surface area (Å²) in [6, 6.07) is 8.52. The summed E-state index contributed by atoms with van der Waals surface area (Å²) >= 11 is 0. The van der Waals surface area contributed by atoms with E-state index in [-0.39, 0.29) is 13.2 Å². The lowest BCUT2D eigenvalue weighted by Gasteiger charge is -2.09. The highest BCUT2D eigenvalue weighted by Crippen LogP contribution is 2.00. The van der Waals surface area contributed by atoms with E-state index in [4.69, 9.17) is 9.84 Å². The molecule has 0 heterocycles. The summed E-state index contributed by atoms with van der Waals surface area (Å²) in [7, 11) is 0. The number of carbonyl (C=O) groups excluding carboxylic acids is 1. The van der Waals surface area contributed by atoms with Crippen LogP contribution in [0.15, 0.2) is 30.3 Å². The normalized spacial score (nSPS) is 11.8. The first-order valence-electron chi connectivity index (χ1n) is 5.25. The number of rotatable bonds is 6. The van der Waals surface area contributed by atoms with Crippen LogP contribution in [0.3, 0.4) is 0 Å². The van der Waals surface area contributed by atoms with Crippen molar-refractivity contribution in [2.75, 3.05) is 6.54 Å². The second kappa shape index (κ2) is 6.65. The van der Waals surface area contributed by atoms with Crippen molar-refractivity contribution in [3.05, 3.63) is 35.9 Å². The van der Waals surface area contributed by atoms with Crippen LogP contribution in [0.25, 0.3) is 0 Å². The second-order valence-corrected chi connectivity index (χ2v) is 3.59. The van der Waals surface area contributed by atoms with Gasteiger partial charge in [-0.1, -0.05) is 30.3 Å². The highest BCUT2D eigenvalue weighted by molar-refractivity contribution is 5.75. The summed E-state index contributed by atoms with van der Waals surface area (Å²) in [6.45, 7) is 1.55. The summed E-state index contributed by atoms with van der Waals surface area (Å²) in [4.78, 5) is 21.7. The van der Waals surface area contributed by atoms with E-state index >= 15 is 0 Å². The van der Waals surface area contributed by atoms with Crippen LogP contribution in [-0.2, 0) is 20.9 Å². The molecule has 0 aliphatic carbocycles. The summed E-state index contributed by atoms with van der Waals surface area (Å²) in [5.74, 6) is -1.47. The number of aliphatic carboxylic acids is 1. The topological polar surface area (TPSA) is 75.6 Å². The molecule has 5 heteroatoms. The van der Waals surface area contributed by atoms with Gasteiger partial charge in [-0.25, -0.2) is 0 Å². The summed E-state index contributed by atoms with van der Waals surface area (Å²) in [6.07, 6.45) is 0. The Hall–Kier alpha value is -1.88. The maximum atomic E-state index is 11.3. The van der Waals surface area contributed by atoms with Gasteiger partial charge < -0.3 is 9.84 Å². The molecule has 0 bridgehead atoms. The second-order valence-electron chi connectivity index (χ2n) is 3.59. The van der Waals surface area contributed by atoms with Gasteiger partial charge in [0.2, 0.25) is 0 Å². The Bertz CT molecular complexity index is 377. The molecule has 2 N–H and O–H groups in total. The maximum Gasteiger partial charge on any atom is 0.320 e. The van der Waals surface area contributed by atoms with Gasteiger partial charge in [-0.3, -0.25) is 14.9 Å². The number of benzene rings is 1. The van der Waals surface area contributed by atoms with Crippen LogP contribution < -0.4 is 5.32 Å². The zero-order valence-corrected chi connectivity index (χ0v) is 9.55. The first-order chi connectivity index (χ1) is 8.09. The van der Waals surface area contributed by atoms with E-state index in [2.05, 4.69) is 5.32 Å². The molecule has 0 unspecified atom stereocenters. The number of carboxylic acid groups (broad SMARTS) is 1. The van der Waals surface area contributed by atoms with E-state index in [0.717, 1.165) is 5.56 Å².